The number of nitrogens with one attached hydrogen (secondary N) is 1. The van der Waals surface area contributed by atoms with Crippen molar-refractivity contribution < 1.29 is 5.11 Å². The first-order valence-corrected chi connectivity index (χ1v) is 8.97. The van der Waals surface area contributed by atoms with Crippen LogP contribution in [0.25, 0.3) is 10.6 Å². The van der Waals surface area contributed by atoms with E-state index in [2.05, 4.69) is 32.5 Å². The maximum absolute atomic E-state index is 10.2. The van der Waals surface area contributed by atoms with Crippen molar-refractivity contribution in [3.63, 3.8) is 0 Å². The van der Waals surface area contributed by atoms with Crippen molar-refractivity contribution in [3.8, 4) is 10.6 Å². The topological polar surface area (TPSA) is 45.1 Å². The molecule has 114 valence electrons. The number of thiazole rings is 1. The first-order chi connectivity index (χ1) is 10.7. The average Bonchev–Trinajstić information content (AvgIpc) is 3.19. The lowest BCUT2D eigenvalue weighted by Crippen LogP contribution is -2.21. The number of hydrogen-bond acceptors (Lipinski definition) is 5. The number of nitrogens with zero attached hydrogens (tertiary/aromatic N) is 1. The van der Waals surface area contributed by atoms with E-state index >= 15 is 0 Å². The summed E-state index contributed by atoms with van der Waals surface area (Å²) in [6, 6.07) is 10.1. The zero-order valence-electron chi connectivity index (χ0n) is 12.3. The van der Waals surface area contributed by atoms with Gasteiger partial charge in [0.25, 0.3) is 0 Å². The summed E-state index contributed by atoms with van der Waals surface area (Å²) in [5.41, 5.74) is 4.34. The highest BCUT2D eigenvalue weighted by molar-refractivity contribution is 7.14. The van der Waals surface area contributed by atoms with Gasteiger partial charge in [0.1, 0.15) is 5.01 Å². The first-order valence-electron chi connectivity index (χ1n) is 7.14. The summed E-state index contributed by atoms with van der Waals surface area (Å²) in [7, 11) is 0. The predicted molar refractivity (Wildman–Crippen MR) is 93.3 cm³/mol. The maximum atomic E-state index is 10.2. The summed E-state index contributed by atoms with van der Waals surface area (Å²) in [4.78, 5) is 4.61. The quantitative estimate of drug-likeness (QED) is 0.718. The number of aryl methyl sites for hydroxylation is 1. The van der Waals surface area contributed by atoms with Crippen molar-refractivity contribution >= 4 is 22.7 Å². The van der Waals surface area contributed by atoms with Gasteiger partial charge in [-0.05, 0) is 23.9 Å². The third-order valence-corrected chi connectivity index (χ3v) is 5.05. The Bertz CT molecular complexity index is 705. The standard InChI is InChI=1S/C17H18N2OS2/c1-12-2-4-13(5-3-12)16(20)9-18-8-15-11-22-17(19-15)14-6-7-21-10-14/h2-7,10-11,16,18,20H,8-9H2,1H3. The van der Waals surface area contributed by atoms with Gasteiger partial charge in [-0.1, -0.05) is 29.8 Å². The van der Waals surface area contributed by atoms with Crippen molar-refractivity contribution in [1.29, 1.82) is 0 Å². The van der Waals surface area contributed by atoms with Gasteiger partial charge in [-0.15, -0.1) is 11.3 Å². The van der Waals surface area contributed by atoms with Crippen LogP contribution in [0, 0.1) is 6.92 Å². The van der Waals surface area contributed by atoms with E-state index in [9.17, 15) is 5.11 Å². The highest BCUT2D eigenvalue weighted by Gasteiger charge is 2.08. The van der Waals surface area contributed by atoms with Crippen LogP contribution < -0.4 is 5.32 Å². The number of aliphatic hydroxyl groups is 1. The Hall–Kier alpha value is -1.53. The van der Waals surface area contributed by atoms with Gasteiger partial charge in [0.15, 0.2) is 0 Å². The minimum Gasteiger partial charge on any atom is -0.387 e. The Kier molecular flexibility index (Phi) is 5.00. The van der Waals surface area contributed by atoms with Gasteiger partial charge in [-0.25, -0.2) is 4.98 Å². The Morgan fingerprint density at radius 1 is 1.18 bits per heavy atom. The van der Waals surface area contributed by atoms with Crippen molar-refractivity contribution in [3.05, 3.63) is 63.3 Å². The summed E-state index contributed by atoms with van der Waals surface area (Å²) >= 11 is 3.34. The molecule has 1 atom stereocenters. The molecule has 3 nitrogen and oxygen atoms in total. The monoisotopic (exact) mass is 330 g/mol. The van der Waals surface area contributed by atoms with Crippen LogP contribution in [0.3, 0.4) is 0 Å². The molecule has 0 aliphatic rings. The minimum absolute atomic E-state index is 0.490. The van der Waals surface area contributed by atoms with Crippen LogP contribution in [0.1, 0.15) is 22.9 Å². The normalized spacial score (nSPS) is 12.5. The lowest BCUT2D eigenvalue weighted by molar-refractivity contribution is 0.174. The van der Waals surface area contributed by atoms with Crippen LogP contribution in [0.2, 0.25) is 0 Å². The maximum Gasteiger partial charge on any atom is 0.124 e. The van der Waals surface area contributed by atoms with Gasteiger partial charge < -0.3 is 10.4 Å². The van der Waals surface area contributed by atoms with Gasteiger partial charge in [0.05, 0.1) is 11.8 Å². The molecule has 3 rings (SSSR count). The fraction of sp³-hybridized carbons (Fsp3) is 0.235. The summed E-state index contributed by atoms with van der Waals surface area (Å²) < 4.78 is 0. The van der Waals surface area contributed by atoms with Crippen LogP contribution in [-0.2, 0) is 6.54 Å². The highest BCUT2D eigenvalue weighted by Crippen LogP contribution is 2.25. The molecule has 0 radical (unpaired) electrons. The van der Waals surface area contributed by atoms with Crippen LogP contribution in [-0.4, -0.2) is 16.6 Å². The molecule has 1 aromatic carbocycles. The fourth-order valence-corrected chi connectivity index (χ4v) is 3.68. The van der Waals surface area contributed by atoms with Gasteiger partial charge in [-0.2, -0.15) is 11.3 Å². The van der Waals surface area contributed by atoms with E-state index in [1.807, 2.05) is 31.2 Å². The second-order valence-corrected chi connectivity index (χ2v) is 6.85. The molecule has 2 N–H and O–H groups in total. The third-order valence-electron chi connectivity index (χ3n) is 3.43. The molecule has 2 aromatic heterocycles. The predicted octanol–water partition coefficient (Wildman–Crippen LogP) is 4.00. The van der Waals surface area contributed by atoms with E-state index in [-0.39, 0.29) is 0 Å². The molecule has 22 heavy (non-hydrogen) atoms. The van der Waals surface area contributed by atoms with E-state index < -0.39 is 6.10 Å². The fourth-order valence-electron chi connectivity index (χ4n) is 2.15. The molecule has 0 aliphatic carbocycles. The number of aromatic nitrogens is 1. The van der Waals surface area contributed by atoms with E-state index in [1.165, 1.54) is 11.1 Å². The summed E-state index contributed by atoms with van der Waals surface area (Å²) in [5, 5.41) is 20.7. The highest BCUT2D eigenvalue weighted by atomic mass is 32.1. The number of hydrogen-bond donors (Lipinski definition) is 2. The molecule has 0 amide bonds. The van der Waals surface area contributed by atoms with E-state index in [1.54, 1.807) is 22.7 Å². The van der Waals surface area contributed by atoms with Crippen molar-refractivity contribution in [2.24, 2.45) is 0 Å². The molecule has 5 heteroatoms. The molecule has 0 aliphatic heterocycles. The SMILES string of the molecule is Cc1ccc(C(O)CNCc2csc(-c3ccsc3)n2)cc1. The zero-order valence-corrected chi connectivity index (χ0v) is 14.0. The lowest BCUT2D eigenvalue weighted by atomic mass is 10.1. The Morgan fingerprint density at radius 2 is 2.00 bits per heavy atom. The molecular weight excluding hydrogens is 312 g/mol. The molecule has 1 unspecified atom stereocenters. The van der Waals surface area contributed by atoms with Crippen LogP contribution >= 0.6 is 22.7 Å². The van der Waals surface area contributed by atoms with E-state index in [4.69, 9.17) is 0 Å². The van der Waals surface area contributed by atoms with Gasteiger partial charge in [0, 0.05) is 29.4 Å². The molecule has 0 saturated carbocycles. The van der Waals surface area contributed by atoms with Crippen molar-refractivity contribution in [2.75, 3.05) is 6.54 Å². The summed E-state index contributed by atoms with van der Waals surface area (Å²) in [5.74, 6) is 0. The molecule has 0 bridgehead atoms. The number of rotatable bonds is 6. The summed E-state index contributed by atoms with van der Waals surface area (Å²) in [6.07, 6.45) is -0.490. The third kappa shape index (κ3) is 3.81. The van der Waals surface area contributed by atoms with Gasteiger partial charge in [-0.3, -0.25) is 0 Å². The van der Waals surface area contributed by atoms with Gasteiger partial charge in [0.2, 0.25) is 0 Å². The molecule has 0 saturated heterocycles. The minimum atomic E-state index is -0.490. The van der Waals surface area contributed by atoms with Crippen LogP contribution in [0.5, 0.6) is 0 Å². The molecule has 0 fully saturated rings. The van der Waals surface area contributed by atoms with E-state index in [0.29, 0.717) is 13.1 Å². The van der Waals surface area contributed by atoms with Crippen LogP contribution in [0.4, 0.5) is 0 Å². The second-order valence-electron chi connectivity index (χ2n) is 5.21. The number of benzene rings is 1. The second kappa shape index (κ2) is 7.15. The largest absolute Gasteiger partial charge is 0.387 e. The Morgan fingerprint density at radius 3 is 2.73 bits per heavy atom. The molecule has 0 spiro atoms. The lowest BCUT2D eigenvalue weighted by Gasteiger charge is -2.11. The Labute approximate surface area is 138 Å². The first kappa shape index (κ1) is 15.4. The van der Waals surface area contributed by atoms with Gasteiger partial charge >= 0.3 is 0 Å². The van der Waals surface area contributed by atoms with Crippen molar-refractivity contribution in [2.45, 2.75) is 19.6 Å². The smallest absolute Gasteiger partial charge is 0.124 e. The number of thiophene rings is 1. The molecule has 3 aromatic rings. The van der Waals surface area contributed by atoms with E-state index in [0.717, 1.165) is 16.3 Å². The molecular formula is C17H18N2OS2. The summed E-state index contributed by atoms with van der Waals surface area (Å²) in [6.45, 7) is 3.24. The molecule has 2 heterocycles. The average molecular weight is 330 g/mol. The zero-order chi connectivity index (χ0) is 15.4. The Balaban J connectivity index is 1.52. The van der Waals surface area contributed by atoms with Crippen molar-refractivity contribution in [1.82, 2.24) is 10.3 Å². The number of aliphatic hydroxyl groups excluding tert-OH is 1. The van der Waals surface area contributed by atoms with Crippen LogP contribution in [0.15, 0.2) is 46.5 Å².